The minimum Gasteiger partial charge on any atom is -0.348 e. The molecule has 20 heavy (non-hydrogen) atoms. The molecule has 1 amide bonds. The Balaban J connectivity index is 2.05. The maximum Gasteiger partial charge on any atom is 0.251 e. The number of hydrogen-bond donors (Lipinski definition) is 2. The van der Waals surface area contributed by atoms with E-state index in [2.05, 4.69) is 21.2 Å². The number of benzene rings is 2. The van der Waals surface area contributed by atoms with Crippen molar-refractivity contribution in [3.05, 3.63) is 69.7 Å². The topological polar surface area (TPSA) is 55.1 Å². The lowest BCUT2D eigenvalue weighted by Gasteiger charge is -2.09. The summed E-state index contributed by atoms with van der Waals surface area (Å²) in [5.41, 5.74) is 8.32. The molecule has 0 heterocycles. The van der Waals surface area contributed by atoms with E-state index in [4.69, 9.17) is 5.73 Å². The summed E-state index contributed by atoms with van der Waals surface area (Å²) in [6.45, 7) is 1.05. The quantitative estimate of drug-likeness (QED) is 0.884. The smallest absolute Gasteiger partial charge is 0.251 e. The molecule has 0 bridgehead atoms. The van der Waals surface area contributed by atoms with Gasteiger partial charge in [-0.2, -0.15) is 0 Å². The molecule has 0 fully saturated rings. The van der Waals surface area contributed by atoms with Crippen molar-refractivity contribution in [2.24, 2.45) is 5.73 Å². The van der Waals surface area contributed by atoms with Crippen LogP contribution in [-0.4, -0.2) is 12.5 Å². The molecule has 0 saturated heterocycles. The van der Waals surface area contributed by atoms with Crippen molar-refractivity contribution >= 4 is 21.8 Å². The third-order valence-electron chi connectivity index (χ3n) is 3.02. The first kappa shape index (κ1) is 14.8. The maximum absolute atomic E-state index is 12.2. The predicted octanol–water partition coefficient (Wildman–Crippen LogP) is 2.88. The van der Waals surface area contributed by atoms with Gasteiger partial charge in [-0.3, -0.25) is 4.79 Å². The van der Waals surface area contributed by atoms with Crippen molar-refractivity contribution in [1.29, 1.82) is 0 Å². The van der Waals surface area contributed by atoms with Crippen LogP contribution in [-0.2, 0) is 13.0 Å². The Labute approximate surface area is 127 Å². The van der Waals surface area contributed by atoms with Crippen LogP contribution in [0.2, 0.25) is 0 Å². The van der Waals surface area contributed by atoms with E-state index in [0.29, 0.717) is 25.1 Å². The Morgan fingerprint density at radius 3 is 2.70 bits per heavy atom. The highest BCUT2D eigenvalue weighted by atomic mass is 79.9. The molecule has 0 spiro atoms. The summed E-state index contributed by atoms with van der Waals surface area (Å²) in [4.78, 5) is 12.2. The zero-order valence-electron chi connectivity index (χ0n) is 11.1. The van der Waals surface area contributed by atoms with Gasteiger partial charge in [0.25, 0.3) is 5.91 Å². The number of carbonyl (C=O) groups excluding carboxylic acids is 1. The number of carbonyl (C=O) groups is 1. The molecular weight excluding hydrogens is 316 g/mol. The molecule has 104 valence electrons. The van der Waals surface area contributed by atoms with Crippen molar-refractivity contribution in [3.63, 3.8) is 0 Å². The second kappa shape index (κ2) is 7.22. The van der Waals surface area contributed by atoms with Gasteiger partial charge in [-0.25, -0.2) is 0 Å². The number of nitrogens with one attached hydrogen (secondary N) is 1. The van der Waals surface area contributed by atoms with Gasteiger partial charge in [-0.1, -0.05) is 46.3 Å². The molecule has 0 unspecified atom stereocenters. The maximum atomic E-state index is 12.2. The van der Waals surface area contributed by atoms with Crippen molar-refractivity contribution < 1.29 is 4.79 Å². The molecule has 0 aliphatic carbocycles. The standard InChI is InChI=1S/C16H17BrN2O/c17-14-6-3-4-12(10-14)11-19-16(20)15-7-2-1-5-13(15)8-9-18/h1-7,10H,8-9,11,18H2,(H,19,20). The Hall–Kier alpha value is -1.65. The lowest BCUT2D eigenvalue weighted by atomic mass is 10.0. The van der Waals surface area contributed by atoms with Crippen LogP contribution in [0.25, 0.3) is 0 Å². The van der Waals surface area contributed by atoms with Crippen molar-refractivity contribution in [2.45, 2.75) is 13.0 Å². The van der Waals surface area contributed by atoms with Gasteiger partial charge in [0.15, 0.2) is 0 Å². The highest BCUT2D eigenvalue weighted by molar-refractivity contribution is 9.10. The van der Waals surface area contributed by atoms with Crippen LogP contribution in [0.3, 0.4) is 0 Å². The van der Waals surface area contributed by atoms with Gasteiger partial charge in [0.2, 0.25) is 0 Å². The zero-order valence-corrected chi connectivity index (χ0v) is 12.7. The third-order valence-corrected chi connectivity index (χ3v) is 3.51. The average Bonchev–Trinajstić information content (AvgIpc) is 2.46. The second-order valence-corrected chi connectivity index (χ2v) is 5.42. The third kappa shape index (κ3) is 3.92. The average molecular weight is 333 g/mol. The summed E-state index contributed by atoms with van der Waals surface area (Å²) in [6.07, 6.45) is 0.709. The molecule has 0 aliphatic rings. The summed E-state index contributed by atoms with van der Waals surface area (Å²) in [7, 11) is 0. The van der Waals surface area contributed by atoms with E-state index in [9.17, 15) is 4.79 Å². The molecule has 4 heteroatoms. The second-order valence-electron chi connectivity index (χ2n) is 4.51. The normalized spacial score (nSPS) is 10.3. The molecule has 0 radical (unpaired) electrons. The van der Waals surface area contributed by atoms with Crippen LogP contribution >= 0.6 is 15.9 Å². The number of halogens is 1. The van der Waals surface area contributed by atoms with Gasteiger partial charge >= 0.3 is 0 Å². The van der Waals surface area contributed by atoms with Crippen molar-refractivity contribution in [3.8, 4) is 0 Å². The first-order valence-corrected chi connectivity index (χ1v) is 7.30. The first-order valence-electron chi connectivity index (χ1n) is 6.51. The van der Waals surface area contributed by atoms with Crippen molar-refractivity contribution in [2.75, 3.05) is 6.54 Å². The van der Waals surface area contributed by atoms with Gasteiger partial charge in [0.05, 0.1) is 0 Å². The van der Waals surface area contributed by atoms with Gasteiger partial charge in [0, 0.05) is 16.6 Å². The van der Waals surface area contributed by atoms with E-state index < -0.39 is 0 Å². The molecule has 0 saturated carbocycles. The summed E-state index contributed by atoms with van der Waals surface area (Å²) in [5.74, 6) is -0.0611. The largest absolute Gasteiger partial charge is 0.348 e. The van der Waals surface area contributed by atoms with E-state index in [-0.39, 0.29) is 5.91 Å². The summed E-state index contributed by atoms with van der Waals surface area (Å²) in [5, 5.41) is 2.94. The number of nitrogens with two attached hydrogens (primary N) is 1. The summed E-state index contributed by atoms with van der Waals surface area (Å²) < 4.78 is 1.01. The number of amides is 1. The molecule has 2 aromatic rings. The van der Waals surface area contributed by atoms with E-state index in [0.717, 1.165) is 15.6 Å². The number of hydrogen-bond acceptors (Lipinski definition) is 2. The molecule has 0 aliphatic heterocycles. The van der Waals surface area contributed by atoms with Crippen LogP contribution in [0.1, 0.15) is 21.5 Å². The molecule has 0 atom stereocenters. The van der Waals surface area contributed by atoms with Crippen LogP contribution in [0.4, 0.5) is 0 Å². The molecular formula is C16H17BrN2O. The molecule has 2 rings (SSSR count). The fourth-order valence-electron chi connectivity index (χ4n) is 2.04. The SMILES string of the molecule is NCCc1ccccc1C(=O)NCc1cccc(Br)c1. The van der Waals surface area contributed by atoms with Crippen LogP contribution in [0, 0.1) is 0 Å². The number of rotatable bonds is 5. The van der Waals surface area contributed by atoms with E-state index >= 15 is 0 Å². The fourth-order valence-corrected chi connectivity index (χ4v) is 2.49. The Morgan fingerprint density at radius 2 is 1.95 bits per heavy atom. The highest BCUT2D eigenvalue weighted by Crippen LogP contribution is 2.12. The van der Waals surface area contributed by atoms with Crippen LogP contribution in [0.15, 0.2) is 53.0 Å². The van der Waals surface area contributed by atoms with Gasteiger partial charge in [0.1, 0.15) is 0 Å². The van der Waals surface area contributed by atoms with Crippen molar-refractivity contribution in [1.82, 2.24) is 5.32 Å². The van der Waals surface area contributed by atoms with E-state index in [1.165, 1.54) is 0 Å². The first-order chi connectivity index (χ1) is 9.70. The zero-order chi connectivity index (χ0) is 14.4. The van der Waals surface area contributed by atoms with Crippen LogP contribution in [0.5, 0.6) is 0 Å². The molecule has 3 nitrogen and oxygen atoms in total. The van der Waals surface area contributed by atoms with E-state index in [1.54, 1.807) is 0 Å². The predicted molar refractivity (Wildman–Crippen MR) is 84.5 cm³/mol. The van der Waals surface area contributed by atoms with Crippen LogP contribution < -0.4 is 11.1 Å². The van der Waals surface area contributed by atoms with Gasteiger partial charge < -0.3 is 11.1 Å². The molecule has 2 aromatic carbocycles. The minimum atomic E-state index is -0.0611. The monoisotopic (exact) mass is 332 g/mol. The Morgan fingerprint density at radius 1 is 1.15 bits per heavy atom. The summed E-state index contributed by atoms with van der Waals surface area (Å²) >= 11 is 3.42. The fraction of sp³-hybridized carbons (Fsp3) is 0.188. The Kier molecular flexibility index (Phi) is 5.32. The minimum absolute atomic E-state index is 0.0611. The van der Waals surface area contributed by atoms with E-state index in [1.807, 2.05) is 48.5 Å². The van der Waals surface area contributed by atoms with Gasteiger partial charge in [-0.05, 0) is 42.3 Å². The Bertz CT molecular complexity index is 599. The highest BCUT2D eigenvalue weighted by Gasteiger charge is 2.09. The summed E-state index contributed by atoms with van der Waals surface area (Å²) in [6, 6.07) is 15.5. The molecule has 0 aromatic heterocycles. The molecule has 3 N–H and O–H groups in total. The lowest BCUT2D eigenvalue weighted by molar-refractivity contribution is 0.0950. The van der Waals surface area contributed by atoms with Gasteiger partial charge in [-0.15, -0.1) is 0 Å². The lowest BCUT2D eigenvalue weighted by Crippen LogP contribution is -2.24.